The van der Waals surface area contributed by atoms with Gasteiger partial charge in [-0.2, -0.15) is 5.26 Å². The number of hydrogen-bond acceptors (Lipinski definition) is 6. The Morgan fingerprint density at radius 1 is 1.00 bits per heavy atom. The molecule has 4 rings (SSSR count). The summed E-state index contributed by atoms with van der Waals surface area (Å²) in [6, 6.07) is 23.7. The Morgan fingerprint density at radius 2 is 1.72 bits per heavy atom. The highest BCUT2D eigenvalue weighted by Crippen LogP contribution is 2.35. The Bertz CT molecular complexity index is 1410. The first-order valence-corrected chi connectivity index (χ1v) is 12.5. The van der Waals surface area contributed by atoms with E-state index >= 15 is 0 Å². The van der Waals surface area contributed by atoms with Crippen LogP contribution in [0.2, 0.25) is 0 Å². The molecule has 0 spiro atoms. The molecule has 0 aliphatic rings. The van der Waals surface area contributed by atoms with E-state index in [0.29, 0.717) is 22.2 Å². The van der Waals surface area contributed by atoms with Gasteiger partial charge in [0.15, 0.2) is 0 Å². The van der Waals surface area contributed by atoms with Crippen LogP contribution >= 0.6 is 11.8 Å². The van der Waals surface area contributed by atoms with Gasteiger partial charge in [0, 0.05) is 29.5 Å². The van der Waals surface area contributed by atoms with Crippen LogP contribution in [0.3, 0.4) is 0 Å². The normalized spacial score (nSPS) is 10.5. The first kappa shape index (κ1) is 25.0. The van der Waals surface area contributed by atoms with E-state index < -0.39 is 0 Å². The molecule has 0 aliphatic carbocycles. The van der Waals surface area contributed by atoms with Gasteiger partial charge in [0.1, 0.15) is 22.7 Å². The van der Waals surface area contributed by atoms with Gasteiger partial charge in [0.05, 0.1) is 18.4 Å². The van der Waals surface area contributed by atoms with Crippen molar-refractivity contribution in [1.29, 1.82) is 5.26 Å². The van der Waals surface area contributed by atoms with Crippen LogP contribution in [0.1, 0.15) is 23.1 Å². The number of nitrogens with zero attached hydrogens (tertiary/aromatic N) is 3. The molecule has 2 aromatic heterocycles. The number of methoxy groups -OCH3 is 1. The Balaban J connectivity index is 1.62. The molecule has 0 unspecified atom stereocenters. The number of nitrogens with one attached hydrogen (secondary N) is 1. The molecule has 2 aromatic carbocycles. The van der Waals surface area contributed by atoms with E-state index in [1.165, 1.54) is 11.8 Å². The zero-order chi connectivity index (χ0) is 25.5. The molecule has 2 heterocycles. The van der Waals surface area contributed by atoms with E-state index in [2.05, 4.69) is 16.4 Å². The van der Waals surface area contributed by atoms with Crippen molar-refractivity contribution >= 4 is 23.5 Å². The molecule has 0 saturated heterocycles. The molecule has 7 heteroatoms. The minimum absolute atomic E-state index is 0.135. The fourth-order valence-corrected chi connectivity index (χ4v) is 4.60. The van der Waals surface area contributed by atoms with Crippen molar-refractivity contribution in [1.82, 2.24) is 9.97 Å². The van der Waals surface area contributed by atoms with Crippen LogP contribution in [0, 0.1) is 25.2 Å². The number of anilines is 1. The molecule has 4 aromatic rings. The quantitative estimate of drug-likeness (QED) is 0.284. The number of ether oxygens (including phenoxy) is 1. The van der Waals surface area contributed by atoms with Gasteiger partial charge in [-0.3, -0.25) is 4.79 Å². The number of benzene rings is 2. The second-order valence-corrected chi connectivity index (χ2v) is 9.39. The second kappa shape index (κ2) is 11.5. The van der Waals surface area contributed by atoms with E-state index in [9.17, 15) is 10.1 Å². The number of amides is 1. The lowest BCUT2D eigenvalue weighted by molar-refractivity contribution is -0.115. The first-order chi connectivity index (χ1) is 17.5. The SMILES string of the molecule is COc1ccc(-c2cc(-c3ccc(C)cc3)c(C#N)c(SCCC(=O)Nc3cc(C)ccn3)n2)cc1. The molecule has 0 radical (unpaired) electrons. The van der Waals surface area contributed by atoms with Gasteiger partial charge in [-0.25, -0.2) is 9.97 Å². The van der Waals surface area contributed by atoms with Crippen LogP contribution in [0.4, 0.5) is 5.82 Å². The fourth-order valence-electron chi connectivity index (χ4n) is 3.65. The van der Waals surface area contributed by atoms with E-state index in [-0.39, 0.29) is 12.3 Å². The summed E-state index contributed by atoms with van der Waals surface area (Å²) in [6.45, 7) is 3.98. The number of carbonyl (C=O) groups is 1. The minimum Gasteiger partial charge on any atom is -0.497 e. The van der Waals surface area contributed by atoms with Crippen LogP contribution in [0.25, 0.3) is 22.4 Å². The molecule has 0 atom stereocenters. The van der Waals surface area contributed by atoms with Crippen LogP contribution in [0.5, 0.6) is 5.75 Å². The zero-order valence-electron chi connectivity index (χ0n) is 20.4. The number of carbonyl (C=O) groups excluding carboxylic acids is 1. The van der Waals surface area contributed by atoms with Crippen LogP contribution < -0.4 is 10.1 Å². The maximum atomic E-state index is 12.5. The van der Waals surface area contributed by atoms with Crippen molar-refractivity contribution in [2.45, 2.75) is 25.3 Å². The fraction of sp³-hybridized carbons (Fsp3) is 0.172. The largest absolute Gasteiger partial charge is 0.497 e. The molecule has 0 bridgehead atoms. The number of aromatic nitrogens is 2. The van der Waals surface area contributed by atoms with Crippen molar-refractivity contribution < 1.29 is 9.53 Å². The van der Waals surface area contributed by atoms with Gasteiger partial charge in [-0.05, 0) is 67.4 Å². The molecule has 0 aliphatic heterocycles. The van der Waals surface area contributed by atoms with Crippen LogP contribution in [-0.4, -0.2) is 28.7 Å². The average molecular weight is 495 g/mol. The molecule has 0 saturated carbocycles. The van der Waals surface area contributed by atoms with Crippen molar-refractivity contribution in [2.24, 2.45) is 0 Å². The summed E-state index contributed by atoms with van der Waals surface area (Å²) in [5.41, 5.74) is 6.10. The number of thioether (sulfide) groups is 1. The van der Waals surface area contributed by atoms with Gasteiger partial charge >= 0.3 is 0 Å². The third-order valence-corrected chi connectivity index (χ3v) is 6.57. The Morgan fingerprint density at radius 3 is 2.39 bits per heavy atom. The van der Waals surface area contributed by atoms with Gasteiger partial charge in [0.25, 0.3) is 0 Å². The van der Waals surface area contributed by atoms with Gasteiger partial charge in [0.2, 0.25) is 5.91 Å². The Hall–Kier alpha value is -4.15. The standard InChI is InChI=1S/C29H26N4O2S/c1-19-4-6-21(7-5-19)24-17-26(22-8-10-23(35-3)11-9-22)32-29(25(24)18-30)36-15-13-28(34)33-27-16-20(2)12-14-31-27/h4-12,14,16-17H,13,15H2,1-3H3,(H,31,33,34). The third kappa shape index (κ3) is 6.09. The monoisotopic (exact) mass is 494 g/mol. The Labute approximate surface area is 215 Å². The zero-order valence-corrected chi connectivity index (χ0v) is 21.2. The lowest BCUT2D eigenvalue weighted by Gasteiger charge is -2.13. The summed E-state index contributed by atoms with van der Waals surface area (Å²) in [5.74, 6) is 1.63. The van der Waals surface area contributed by atoms with E-state index in [0.717, 1.165) is 39.3 Å². The van der Waals surface area contributed by atoms with Crippen molar-refractivity contribution in [3.05, 3.63) is 89.6 Å². The van der Waals surface area contributed by atoms with Crippen LogP contribution in [-0.2, 0) is 4.79 Å². The third-order valence-electron chi connectivity index (χ3n) is 5.60. The molecule has 0 fully saturated rings. The molecule has 1 amide bonds. The highest BCUT2D eigenvalue weighted by Gasteiger charge is 2.17. The van der Waals surface area contributed by atoms with Crippen molar-refractivity contribution in [2.75, 3.05) is 18.2 Å². The lowest BCUT2D eigenvalue weighted by Crippen LogP contribution is -2.13. The molecule has 1 N–H and O–H groups in total. The first-order valence-electron chi connectivity index (χ1n) is 11.5. The number of rotatable bonds is 8. The predicted octanol–water partition coefficient (Wildman–Crippen LogP) is 6.43. The number of pyridine rings is 2. The maximum Gasteiger partial charge on any atom is 0.226 e. The summed E-state index contributed by atoms with van der Waals surface area (Å²) in [5, 5.41) is 13.5. The number of nitriles is 1. The number of aryl methyl sites for hydroxylation is 2. The molecule has 6 nitrogen and oxygen atoms in total. The maximum absolute atomic E-state index is 12.5. The average Bonchev–Trinajstić information content (AvgIpc) is 2.89. The Kier molecular flexibility index (Phi) is 7.99. The molecular weight excluding hydrogens is 468 g/mol. The summed E-state index contributed by atoms with van der Waals surface area (Å²) >= 11 is 1.40. The van der Waals surface area contributed by atoms with Crippen molar-refractivity contribution in [3.63, 3.8) is 0 Å². The molecular formula is C29H26N4O2S. The van der Waals surface area contributed by atoms with E-state index in [1.807, 2.05) is 80.6 Å². The van der Waals surface area contributed by atoms with Crippen molar-refractivity contribution in [3.8, 4) is 34.2 Å². The predicted molar refractivity (Wildman–Crippen MR) is 144 cm³/mol. The number of hydrogen-bond donors (Lipinski definition) is 1. The van der Waals surface area contributed by atoms with Crippen LogP contribution in [0.15, 0.2) is 78.0 Å². The summed E-state index contributed by atoms with van der Waals surface area (Å²) in [4.78, 5) is 21.5. The second-order valence-electron chi connectivity index (χ2n) is 8.31. The van der Waals surface area contributed by atoms with E-state index in [4.69, 9.17) is 9.72 Å². The summed E-state index contributed by atoms with van der Waals surface area (Å²) in [7, 11) is 1.63. The molecule has 180 valence electrons. The molecule has 36 heavy (non-hydrogen) atoms. The lowest BCUT2D eigenvalue weighted by atomic mass is 9.98. The van der Waals surface area contributed by atoms with Gasteiger partial charge in [-0.1, -0.05) is 29.8 Å². The highest BCUT2D eigenvalue weighted by atomic mass is 32.2. The van der Waals surface area contributed by atoms with Gasteiger partial charge < -0.3 is 10.1 Å². The summed E-state index contributed by atoms with van der Waals surface area (Å²) in [6.07, 6.45) is 1.93. The smallest absolute Gasteiger partial charge is 0.226 e. The highest BCUT2D eigenvalue weighted by molar-refractivity contribution is 7.99. The topological polar surface area (TPSA) is 87.9 Å². The van der Waals surface area contributed by atoms with E-state index in [1.54, 1.807) is 13.3 Å². The summed E-state index contributed by atoms with van der Waals surface area (Å²) < 4.78 is 5.28. The van der Waals surface area contributed by atoms with Gasteiger partial charge in [-0.15, -0.1) is 11.8 Å². The minimum atomic E-state index is -0.135.